The van der Waals surface area contributed by atoms with Crippen molar-refractivity contribution < 1.29 is 19.1 Å². The van der Waals surface area contributed by atoms with E-state index in [0.29, 0.717) is 5.56 Å². The molecule has 0 amide bonds. The molecule has 0 unspecified atom stereocenters. The van der Waals surface area contributed by atoms with Crippen LogP contribution in [0.3, 0.4) is 0 Å². The third kappa shape index (κ3) is 2.11. The molecule has 1 aromatic carbocycles. The summed E-state index contributed by atoms with van der Waals surface area (Å²) in [6, 6.07) is 5.51. The Bertz CT molecular complexity index is 346. The lowest BCUT2D eigenvalue weighted by Crippen LogP contribution is -2.12. The van der Waals surface area contributed by atoms with E-state index in [4.69, 9.17) is 5.11 Å². The Morgan fingerprint density at radius 1 is 1.38 bits per heavy atom. The van der Waals surface area contributed by atoms with Gasteiger partial charge in [-0.25, -0.2) is 9.18 Å². The zero-order valence-electron chi connectivity index (χ0n) is 6.66. The van der Waals surface area contributed by atoms with Crippen LogP contribution in [0.5, 0.6) is 0 Å². The van der Waals surface area contributed by atoms with E-state index in [-0.39, 0.29) is 5.56 Å². The molecule has 0 bridgehead atoms. The molecule has 3 nitrogen and oxygen atoms in total. The molecule has 0 aliphatic rings. The molecular formula is C9H7FO3. The highest BCUT2D eigenvalue weighted by atomic mass is 19.1. The van der Waals surface area contributed by atoms with E-state index < -0.39 is 18.4 Å². The van der Waals surface area contributed by atoms with Gasteiger partial charge in [0.05, 0.1) is 0 Å². The fourth-order valence-electron chi connectivity index (χ4n) is 0.919. The second kappa shape index (κ2) is 3.80. The van der Waals surface area contributed by atoms with Crippen LogP contribution in [-0.4, -0.2) is 16.9 Å². The molecule has 0 aliphatic heterocycles. The van der Waals surface area contributed by atoms with Crippen LogP contribution in [0, 0.1) is 0 Å². The second-order valence-corrected chi connectivity index (χ2v) is 2.47. The average molecular weight is 182 g/mol. The summed E-state index contributed by atoms with van der Waals surface area (Å²) in [6.07, 6.45) is 0. The molecule has 1 aromatic rings. The molecule has 0 aliphatic carbocycles. The molecule has 0 saturated heterocycles. The predicted octanol–water partition coefficient (Wildman–Crippen LogP) is 1.42. The van der Waals surface area contributed by atoms with Crippen molar-refractivity contribution in [3.05, 3.63) is 35.4 Å². The predicted molar refractivity (Wildman–Crippen MR) is 43.2 cm³/mol. The number of rotatable bonds is 3. The van der Waals surface area contributed by atoms with E-state index >= 15 is 0 Å². The minimum absolute atomic E-state index is 0.00245. The van der Waals surface area contributed by atoms with E-state index in [9.17, 15) is 14.0 Å². The first kappa shape index (κ1) is 9.38. The summed E-state index contributed by atoms with van der Waals surface area (Å²) in [5.41, 5.74) is 0.301. The van der Waals surface area contributed by atoms with Crippen LogP contribution in [0.4, 0.5) is 4.39 Å². The van der Waals surface area contributed by atoms with Gasteiger partial charge in [-0.1, -0.05) is 18.2 Å². The maximum atomic E-state index is 12.1. The van der Waals surface area contributed by atoms with E-state index in [2.05, 4.69) is 0 Å². The van der Waals surface area contributed by atoms with Crippen LogP contribution in [0.2, 0.25) is 0 Å². The number of halogens is 1. The van der Waals surface area contributed by atoms with Crippen LogP contribution in [0.1, 0.15) is 15.9 Å². The number of hydrogen-bond donors (Lipinski definition) is 1. The highest BCUT2D eigenvalue weighted by Gasteiger charge is 2.13. The first-order valence-corrected chi connectivity index (χ1v) is 3.57. The third-order valence-electron chi connectivity index (χ3n) is 1.54. The smallest absolute Gasteiger partial charge is 0.377 e. The van der Waals surface area contributed by atoms with Crippen molar-refractivity contribution in [3.63, 3.8) is 0 Å². The minimum Gasteiger partial charge on any atom is -0.475 e. The maximum Gasteiger partial charge on any atom is 0.377 e. The normalized spacial score (nSPS) is 9.62. The van der Waals surface area contributed by atoms with E-state index in [1.54, 1.807) is 0 Å². The molecule has 0 heterocycles. The van der Waals surface area contributed by atoms with Crippen molar-refractivity contribution >= 4 is 11.8 Å². The van der Waals surface area contributed by atoms with Gasteiger partial charge in [0.15, 0.2) is 0 Å². The van der Waals surface area contributed by atoms with Crippen molar-refractivity contribution in [1.82, 2.24) is 0 Å². The average Bonchev–Trinajstić information content (AvgIpc) is 2.16. The SMILES string of the molecule is O=C(O)C(=O)c1cccc(CF)c1. The highest BCUT2D eigenvalue weighted by molar-refractivity contribution is 6.39. The summed E-state index contributed by atoms with van der Waals surface area (Å²) in [6.45, 7) is -0.708. The molecule has 1 rings (SSSR count). The molecule has 0 atom stereocenters. The zero-order valence-corrected chi connectivity index (χ0v) is 6.66. The number of carboxylic acids is 1. The monoisotopic (exact) mass is 182 g/mol. The zero-order chi connectivity index (χ0) is 9.84. The Labute approximate surface area is 73.8 Å². The van der Waals surface area contributed by atoms with Crippen LogP contribution in [0.25, 0.3) is 0 Å². The molecule has 0 radical (unpaired) electrons. The fraction of sp³-hybridized carbons (Fsp3) is 0.111. The summed E-state index contributed by atoms with van der Waals surface area (Å²) >= 11 is 0. The number of carboxylic acid groups (broad SMARTS) is 1. The number of carbonyl (C=O) groups is 2. The topological polar surface area (TPSA) is 54.4 Å². The number of carbonyl (C=O) groups excluding carboxylic acids is 1. The number of ketones is 1. The summed E-state index contributed by atoms with van der Waals surface area (Å²) in [5, 5.41) is 8.36. The van der Waals surface area contributed by atoms with Crippen LogP contribution >= 0.6 is 0 Å². The first-order chi connectivity index (χ1) is 6.15. The van der Waals surface area contributed by atoms with Gasteiger partial charge in [-0.15, -0.1) is 0 Å². The summed E-state index contributed by atoms with van der Waals surface area (Å²) in [5.74, 6) is -2.55. The van der Waals surface area contributed by atoms with E-state index in [0.717, 1.165) is 0 Å². The molecule has 13 heavy (non-hydrogen) atoms. The van der Waals surface area contributed by atoms with Gasteiger partial charge in [-0.3, -0.25) is 4.79 Å². The third-order valence-corrected chi connectivity index (χ3v) is 1.54. The van der Waals surface area contributed by atoms with Crippen LogP contribution < -0.4 is 0 Å². The van der Waals surface area contributed by atoms with Crippen molar-refractivity contribution in [3.8, 4) is 0 Å². The maximum absolute atomic E-state index is 12.1. The number of hydrogen-bond acceptors (Lipinski definition) is 2. The van der Waals surface area contributed by atoms with Gasteiger partial charge in [-0.2, -0.15) is 0 Å². The largest absolute Gasteiger partial charge is 0.475 e. The van der Waals surface area contributed by atoms with Crippen molar-refractivity contribution in [2.24, 2.45) is 0 Å². The lowest BCUT2D eigenvalue weighted by molar-refractivity contribution is -0.131. The quantitative estimate of drug-likeness (QED) is 0.568. The van der Waals surface area contributed by atoms with Crippen molar-refractivity contribution in [2.75, 3.05) is 0 Å². The molecule has 1 N–H and O–H groups in total. The number of aliphatic carboxylic acids is 1. The Morgan fingerprint density at radius 3 is 2.62 bits per heavy atom. The van der Waals surface area contributed by atoms with Gasteiger partial charge in [0.1, 0.15) is 6.67 Å². The van der Waals surface area contributed by atoms with E-state index in [1.165, 1.54) is 24.3 Å². The van der Waals surface area contributed by atoms with E-state index in [1.807, 2.05) is 0 Å². The summed E-state index contributed by atoms with van der Waals surface area (Å²) in [4.78, 5) is 21.1. The van der Waals surface area contributed by atoms with Crippen LogP contribution in [-0.2, 0) is 11.5 Å². The van der Waals surface area contributed by atoms with Crippen LogP contribution in [0.15, 0.2) is 24.3 Å². The van der Waals surface area contributed by atoms with Gasteiger partial charge < -0.3 is 5.11 Å². The van der Waals surface area contributed by atoms with Gasteiger partial charge in [0, 0.05) is 5.56 Å². The van der Waals surface area contributed by atoms with Gasteiger partial charge in [0.25, 0.3) is 5.78 Å². The van der Waals surface area contributed by atoms with Crippen molar-refractivity contribution in [2.45, 2.75) is 6.67 Å². The number of alkyl halides is 1. The molecule has 4 heteroatoms. The molecule has 0 spiro atoms. The number of Topliss-reactive ketones (excluding diaryl/α,β-unsaturated/α-hetero) is 1. The summed E-state index contributed by atoms with van der Waals surface area (Å²) in [7, 11) is 0. The Morgan fingerprint density at radius 2 is 2.08 bits per heavy atom. The molecular weight excluding hydrogens is 175 g/mol. The lowest BCUT2D eigenvalue weighted by atomic mass is 10.1. The second-order valence-electron chi connectivity index (χ2n) is 2.47. The molecule has 0 saturated carbocycles. The molecule has 0 fully saturated rings. The summed E-state index contributed by atoms with van der Waals surface area (Å²) < 4.78 is 12.1. The lowest BCUT2D eigenvalue weighted by Gasteiger charge is -1.97. The van der Waals surface area contributed by atoms with Gasteiger partial charge in [-0.05, 0) is 11.6 Å². The van der Waals surface area contributed by atoms with Gasteiger partial charge in [0.2, 0.25) is 0 Å². The Balaban J connectivity index is 3.02. The molecule has 68 valence electrons. The van der Waals surface area contributed by atoms with Crippen molar-refractivity contribution in [1.29, 1.82) is 0 Å². The Hall–Kier alpha value is -1.71. The first-order valence-electron chi connectivity index (χ1n) is 3.57. The fourth-order valence-corrected chi connectivity index (χ4v) is 0.919. The molecule has 0 aromatic heterocycles. The highest BCUT2D eigenvalue weighted by Crippen LogP contribution is 2.07. The minimum atomic E-state index is -1.53. The standard InChI is InChI=1S/C9H7FO3/c10-5-6-2-1-3-7(4-6)8(11)9(12)13/h1-4H,5H2,(H,12,13). The van der Waals surface area contributed by atoms with Gasteiger partial charge >= 0.3 is 5.97 Å². The Kier molecular flexibility index (Phi) is 2.74. The number of benzene rings is 1.